The lowest BCUT2D eigenvalue weighted by molar-refractivity contribution is -0.144. The van der Waals surface area contributed by atoms with E-state index in [2.05, 4.69) is 9.98 Å². The maximum Gasteiger partial charge on any atom is 0.330 e. The van der Waals surface area contributed by atoms with E-state index in [0.717, 1.165) is 17.5 Å². The number of hydrogen-bond acceptors (Lipinski definition) is 4. The van der Waals surface area contributed by atoms with Gasteiger partial charge in [-0.05, 0) is 30.9 Å². The van der Waals surface area contributed by atoms with Gasteiger partial charge in [0.05, 0.1) is 6.61 Å². The van der Waals surface area contributed by atoms with Gasteiger partial charge in [-0.2, -0.15) is 0 Å². The summed E-state index contributed by atoms with van der Waals surface area (Å²) in [4.78, 5) is 20.9. The van der Waals surface area contributed by atoms with Gasteiger partial charge >= 0.3 is 5.97 Å². The highest BCUT2D eigenvalue weighted by atomic mass is 16.5. The van der Waals surface area contributed by atoms with Gasteiger partial charge in [0.25, 0.3) is 0 Å². The van der Waals surface area contributed by atoms with Gasteiger partial charge in [-0.1, -0.05) is 60.7 Å². The van der Waals surface area contributed by atoms with Crippen molar-refractivity contribution in [1.82, 2.24) is 0 Å². The summed E-state index contributed by atoms with van der Waals surface area (Å²) in [6.07, 6.45) is 4.98. The van der Waals surface area contributed by atoms with E-state index in [1.165, 1.54) is 0 Å². The van der Waals surface area contributed by atoms with Gasteiger partial charge in [0.15, 0.2) is 0 Å². The van der Waals surface area contributed by atoms with Crippen LogP contribution in [-0.2, 0) is 9.53 Å². The van der Waals surface area contributed by atoms with E-state index in [0.29, 0.717) is 19.6 Å². The van der Waals surface area contributed by atoms with Gasteiger partial charge < -0.3 is 4.74 Å². The maximum atomic E-state index is 12.1. The van der Waals surface area contributed by atoms with E-state index in [-0.39, 0.29) is 5.97 Å². The zero-order chi connectivity index (χ0) is 17.7. The van der Waals surface area contributed by atoms with E-state index in [1.54, 1.807) is 13.1 Å². The molecule has 0 aliphatic heterocycles. The Morgan fingerprint density at radius 2 is 1.60 bits per heavy atom. The summed E-state index contributed by atoms with van der Waals surface area (Å²) in [7, 11) is 0. The fourth-order valence-electron chi connectivity index (χ4n) is 2.29. The highest BCUT2D eigenvalue weighted by Crippen LogP contribution is 2.07. The van der Waals surface area contributed by atoms with Crippen LogP contribution in [0.4, 0.5) is 0 Å². The number of benzene rings is 2. The average molecular weight is 336 g/mol. The summed E-state index contributed by atoms with van der Waals surface area (Å²) in [6.45, 7) is 2.83. The molecule has 0 saturated carbocycles. The zero-order valence-corrected chi connectivity index (χ0v) is 14.5. The zero-order valence-electron chi connectivity index (χ0n) is 14.5. The molecule has 2 aromatic carbocycles. The summed E-state index contributed by atoms with van der Waals surface area (Å²) >= 11 is 0. The van der Waals surface area contributed by atoms with Gasteiger partial charge in [-0.15, -0.1) is 0 Å². The summed E-state index contributed by atoms with van der Waals surface area (Å²) in [5.41, 5.74) is 2.05. The van der Waals surface area contributed by atoms with E-state index in [4.69, 9.17) is 4.74 Å². The Morgan fingerprint density at radius 3 is 2.20 bits per heavy atom. The largest absolute Gasteiger partial charge is 0.464 e. The van der Waals surface area contributed by atoms with Gasteiger partial charge in [-0.3, -0.25) is 9.98 Å². The molecule has 2 aromatic rings. The predicted molar refractivity (Wildman–Crippen MR) is 103 cm³/mol. The maximum absolute atomic E-state index is 12.1. The molecule has 0 aromatic heterocycles. The van der Waals surface area contributed by atoms with Crippen molar-refractivity contribution in [3.8, 4) is 0 Å². The van der Waals surface area contributed by atoms with Crippen LogP contribution in [0.2, 0.25) is 0 Å². The van der Waals surface area contributed by atoms with Crippen LogP contribution >= 0.6 is 0 Å². The smallest absolute Gasteiger partial charge is 0.330 e. The van der Waals surface area contributed by atoms with Crippen molar-refractivity contribution < 1.29 is 9.53 Å². The molecule has 0 spiro atoms. The highest BCUT2D eigenvalue weighted by Gasteiger charge is 2.17. The molecule has 0 heterocycles. The molecule has 2 rings (SSSR count). The van der Waals surface area contributed by atoms with E-state index in [9.17, 15) is 4.79 Å². The number of carbonyl (C=O) groups excluding carboxylic acids is 1. The standard InChI is InChI=1S/C21H24N2O2/c1-2-25-21(24)20(23-17-19-12-7-4-8-13-19)14-9-15-22-16-18-10-5-3-6-11-18/h3-8,10-13,16-17,20H,2,9,14-15H2,1H3/b22-16+,23-17+. The fraction of sp³-hybridized carbons (Fsp3) is 0.286. The second kappa shape index (κ2) is 10.9. The third kappa shape index (κ3) is 7.12. The molecular formula is C21H24N2O2. The summed E-state index contributed by atoms with van der Waals surface area (Å²) in [5.74, 6) is -0.276. The normalized spacial score (nSPS) is 12.5. The first kappa shape index (κ1) is 18.6. The van der Waals surface area contributed by atoms with Crippen LogP contribution in [0.1, 0.15) is 30.9 Å². The van der Waals surface area contributed by atoms with Crippen molar-refractivity contribution in [2.45, 2.75) is 25.8 Å². The Hall–Kier alpha value is -2.75. The first-order valence-corrected chi connectivity index (χ1v) is 8.59. The Labute approximate surface area is 149 Å². The van der Waals surface area contributed by atoms with E-state index < -0.39 is 6.04 Å². The minimum Gasteiger partial charge on any atom is -0.464 e. The lowest BCUT2D eigenvalue weighted by Gasteiger charge is -2.10. The molecule has 0 saturated heterocycles. The lowest BCUT2D eigenvalue weighted by Crippen LogP contribution is -2.22. The highest BCUT2D eigenvalue weighted by molar-refractivity contribution is 5.84. The van der Waals surface area contributed by atoms with Gasteiger partial charge in [0.2, 0.25) is 0 Å². The Bertz CT molecular complexity index is 682. The molecule has 0 bridgehead atoms. The molecule has 1 atom stereocenters. The van der Waals surface area contributed by atoms with Crippen LogP contribution in [0.25, 0.3) is 0 Å². The fourth-order valence-corrected chi connectivity index (χ4v) is 2.29. The SMILES string of the molecule is CCOC(=O)C(CCC/N=C/c1ccccc1)/N=C/c1ccccc1. The number of hydrogen-bond donors (Lipinski definition) is 0. The molecule has 25 heavy (non-hydrogen) atoms. The molecule has 4 heteroatoms. The number of ether oxygens (including phenoxy) is 1. The number of aliphatic imine (C=N–C) groups is 2. The monoisotopic (exact) mass is 336 g/mol. The van der Waals surface area contributed by atoms with Crippen molar-refractivity contribution in [3.05, 3.63) is 71.8 Å². The summed E-state index contributed by atoms with van der Waals surface area (Å²) in [6, 6.07) is 19.2. The van der Waals surface area contributed by atoms with Gasteiger partial charge in [0.1, 0.15) is 6.04 Å². The van der Waals surface area contributed by atoms with E-state index in [1.807, 2.05) is 66.9 Å². The molecule has 0 aliphatic rings. The van der Waals surface area contributed by atoms with Crippen LogP contribution in [0.5, 0.6) is 0 Å². The number of esters is 1. The molecule has 0 N–H and O–H groups in total. The minimum absolute atomic E-state index is 0.276. The third-order valence-corrected chi connectivity index (χ3v) is 3.57. The molecule has 0 fully saturated rings. The molecular weight excluding hydrogens is 312 g/mol. The quantitative estimate of drug-likeness (QED) is 0.396. The predicted octanol–water partition coefficient (Wildman–Crippen LogP) is 3.94. The van der Waals surface area contributed by atoms with Crippen molar-refractivity contribution in [2.24, 2.45) is 9.98 Å². The van der Waals surface area contributed by atoms with Crippen molar-refractivity contribution in [3.63, 3.8) is 0 Å². The first-order valence-electron chi connectivity index (χ1n) is 8.59. The summed E-state index contributed by atoms with van der Waals surface area (Å²) in [5, 5.41) is 0. The van der Waals surface area contributed by atoms with Crippen molar-refractivity contribution in [2.75, 3.05) is 13.2 Å². The molecule has 130 valence electrons. The second-order valence-electron chi connectivity index (χ2n) is 5.54. The van der Waals surface area contributed by atoms with Gasteiger partial charge in [-0.25, -0.2) is 4.79 Å². The number of rotatable bonds is 9. The summed E-state index contributed by atoms with van der Waals surface area (Å²) < 4.78 is 5.13. The third-order valence-electron chi connectivity index (χ3n) is 3.57. The first-order chi connectivity index (χ1) is 12.3. The Balaban J connectivity index is 1.86. The van der Waals surface area contributed by atoms with Crippen LogP contribution in [0, 0.1) is 0 Å². The van der Waals surface area contributed by atoms with Crippen LogP contribution in [0.3, 0.4) is 0 Å². The van der Waals surface area contributed by atoms with Crippen molar-refractivity contribution in [1.29, 1.82) is 0 Å². The molecule has 1 unspecified atom stereocenters. The van der Waals surface area contributed by atoms with Crippen molar-refractivity contribution >= 4 is 18.4 Å². The molecule has 0 amide bonds. The topological polar surface area (TPSA) is 51.0 Å². The Kier molecular flexibility index (Phi) is 8.12. The van der Waals surface area contributed by atoms with Crippen LogP contribution < -0.4 is 0 Å². The molecule has 0 radical (unpaired) electrons. The number of nitrogens with zero attached hydrogens (tertiary/aromatic N) is 2. The average Bonchev–Trinajstić information content (AvgIpc) is 2.65. The molecule has 0 aliphatic carbocycles. The second-order valence-corrected chi connectivity index (χ2v) is 5.54. The van der Waals surface area contributed by atoms with Crippen LogP contribution in [-0.4, -0.2) is 37.6 Å². The van der Waals surface area contributed by atoms with Crippen LogP contribution in [0.15, 0.2) is 70.6 Å². The Morgan fingerprint density at radius 1 is 1.00 bits per heavy atom. The lowest BCUT2D eigenvalue weighted by atomic mass is 10.1. The van der Waals surface area contributed by atoms with Gasteiger partial charge in [0, 0.05) is 19.0 Å². The molecule has 4 nitrogen and oxygen atoms in total. The van der Waals surface area contributed by atoms with E-state index >= 15 is 0 Å². The number of carbonyl (C=O) groups is 1. The minimum atomic E-state index is -0.480.